The molecule has 0 spiro atoms. The largest absolute Gasteiger partial charge is 0.360 e. The lowest BCUT2D eigenvalue weighted by molar-refractivity contribution is -0.115. The van der Waals surface area contributed by atoms with Gasteiger partial charge in [0.25, 0.3) is 0 Å². The highest BCUT2D eigenvalue weighted by molar-refractivity contribution is 7.99. The van der Waals surface area contributed by atoms with E-state index < -0.39 is 0 Å². The van der Waals surface area contributed by atoms with Gasteiger partial charge >= 0.3 is 0 Å². The van der Waals surface area contributed by atoms with Crippen LogP contribution in [-0.2, 0) is 30.5 Å². The smallest absolute Gasteiger partial charge is 0.231 e. The molecule has 0 unspecified atom stereocenters. The topological polar surface area (TPSA) is 92.7 Å². The standard InChI is InChI=1S/C28H26N6OS5/c35-24(17-21-16-19-6-2-4-8-23(19)38-21)30-28-34-32-26(40-28)11-14-36-13-10-25-31-33-27(39-25)29-12-9-20-15-18-5-1-3-7-22(18)37-20/h1-8,15-16H,9-14,17H2,(H,29,33)(H,30,34,35). The van der Waals surface area contributed by atoms with E-state index in [2.05, 4.69) is 79.6 Å². The van der Waals surface area contributed by atoms with E-state index in [0.717, 1.165) is 57.3 Å². The van der Waals surface area contributed by atoms with E-state index in [4.69, 9.17) is 0 Å². The van der Waals surface area contributed by atoms with Crippen LogP contribution in [0.15, 0.2) is 60.7 Å². The Morgan fingerprint density at radius 1 is 0.700 bits per heavy atom. The van der Waals surface area contributed by atoms with Gasteiger partial charge in [0.05, 0.1) is 6.42 Å². The van der Waals surface area contributed by atoms with Gasteiger partial charge in [-0.25, -0.2) is 0 Å². The minimum absolute atomic E-state index is 0.0605. The number of anilines is 2. The van der Waals surface area contributed by atoms with E-state index in [9.17, 15) is 4.79 Å². The van der Waals surface area contributed by atoms with Crippen LogP contribution in [0.25, 0.3) is 20.2 Å². The van der Waals surface area contributed by atoms with Crippen molar-refractivity contribution in [1.82, 2.24) is 20.4 Å². The van der Waals surface area contributed by atoms with Gasteiger partial charge in [-0.1, -0.05) is 59.1 Å². The number of hydrogen-bond acceptors (Lipinski definition) is 11. The molecule has 4 heterocycles. The maximum absolute atomic E-state index is 12.5. The second-order valence-corrected chi connectivity index (χ2v) is 14.7. The van der Waals surface area contributed by atoms with Crippen molar-refractivity contribution in [3.8, 4) is 0 Å². The number of aryl methyl sites for hydroxylation is 2. The molecule has 0 aliphatic carbocycles. The van der Waals surface area contributed by atoms with Gasteiger partial charge in [-0.3, -0.25) is 4.79 Å². The summed E-state index contributed by atoms with van der Waals surface area (Å²) in [6.45, 7) is 0.853. The zero-order valence-electron chi connectivity index (χ0n) is 21.5. The second-order valence-electron chi connectivity index (χ2n) is 9.02. The maximum atomic E-state index is 12.5. The van der Waals surface area contributed by atoms with Gasteiger partial charge in [0, 0.05) is 38.5 Å². The van der Waals surface area contributed by atoms with Crippen molar-refractivity contribution in [3.63, 3.8) is 0 Å². The molecule has 7 nitrogen and oxygen atoms in total. The van der Waals surface area contributed by atoms with Crippen molar-refractivity contribution < 1.29 is 4.79 Å². The van der Waals surface area contributed by atoms with Crippen molar-refractivity contribution >= 4 is 93.5 Å². The third-order valence-corrected chi connectivity index (χ3v) is 11.2. The molecule has 2 aromatic carbocycles. The van der Waals surface area contributed by atoms with E-state index >= 15 is 0 Å². The van der Waals surface area contributed by atoms with E-state index in [-0.39, 0.29) is 5.91 Å². The van der Waals surface area contributed by atoms with Crippen molar-refractivity contribution in [3.05, 3.63) is 80.4 Å². The first-order valence-electron chi connectivity index (χ1n) is 12.9. The van der Waals surface area contributed by atoms with Crippen LogP contribution in [0.5, 0.6) is 0 Å². The molecule has 6 rings (SSSR count). The number of rotatable bonds is 13. The Morgan fingerprint density at radius 2 is 1.30 bits per heavy atom. The number of benzene rings is 2. The van der Waals surface area contributed by atoms with Gasteiger partial charge in [-0.05, 0) is 53.0 Å². The number of nitrogens with one attached hydrogen (secondary N) is 2. The number of thioether (sulfide) groups is 1. The predicted molar refractivity (Wildman–Crippen MR) is 173 cm³/mol. The first-order valence-corrected chi connectivity index (χ1v) is 17.3. The van der Waals surface area contributed by atoms with Crippen LogP contribution in [0.3, 0.4) is 0 Å². The summed E-state index contributed by atoms with van der Waals surface area (Å²) < 4.78 is 2.54. The van der Waals surface area contributed by atoms with E-state index in [1.165, 1.54) is 36.4 Å². The molecule has 12 heteroatoms. The quantitative estimate of drug-likeness (QED) is 0.132. The number of carbonyl (C=O) groups excluding carboxylic acids is 1. The number of hydrogen-bond donors (Lipinski definition) is 2. The van der Waals surface area contributed by atoms with Crippen LogP contribution in [0.2, 0.25) is 0 Å². The summed E-state index contributed by atoms with van der Waals surface area (Å²) in [6.07, 6.45) is 3.05. The molecular formula is C28H26N6OS5. The van der Waals surface area contributed by atoms with E-state index in [1.54, 1.807) is 22.7 Å². The predicted octanol–water partition coefficient (Wildman–Crippen LogP) is 7.17. The molecule has 2 N–H and O–H groups in total. The lowest BCUT2D eigenvalue weighted by atomic mass is 10.2. The van der Waals surface area contributed by atoms with Crippen LogP contribution < -0.4 is 10.6 Å². The molecule has 0 radical (unpaired) electrons. The summed E-state index contributed by atoms with van der Waals surface area (Å²) in [6, 6.07) is 21.0. The Kier molecular flexibility index (Phi) is 8.99. The van der Waals surface area contributed by atoms with Crippen LogP contribution >= 0.6 is 57.1 Å². The Hall–Kier alpha value is -2.90. The lowest BCUT2D eigenvalue weighted by Gasteiger charge is -1.99. The normalized spacial score (nSPS) is 11.4. The average Bonchev–Trinajstić information content (AvgIpc) is 3.75. The van der Waals surface area contributed by atoms with Crippen LogP contribution in [-0.4, -0.2) is 44.4 Å². The zero-order valence-corrected chi connectivity index (χ0v) is 25.5. The van der Waals surface area contributed by atoms with Gasteiger partial charge in [0.2, 0.25) is 16.2 Å². The molecule has 0 fully saturated rings. The molecular weight excluding hydrogens is 597 g/mol. The van der Waals surface area contributed by atoms with Crippen LogP contribution in [0.4, 0.5) is 10.3 Å². The van der Waals surface area contributed by atoms with Crippen molar-refractivity contribution in [2.45, 2.75) is 25.7 Å². The summed E-state index contributed by atoms with van der Waals surface area (Å²) in [4.78, 5) is 14.9. The first-order chi connectivity index (χ1) is 19.7. The van der Waals surface area contributed by atoms with Gasteiger partial charge < -0.3 is 10.6 Å². The van der Waals surface area contributed by atoms with Gasteiger partial charge in [0.1, 0.15) is 10.0 Å². The number of carbonyl (C=O) groups is 1. The number of aromatic nitrogens is 4. The highest BCUT2D eigenvalue weighted by atomic mass is 32.2. The third kappa shape index (κ3) is 7.24. The fourth-order valence-electron chi connectivity index (χ4n) is 4.15. The lowest BCUT2D eigenvalue weighted by Crippen LogP contribution is -2.13. The van der Waals surface area contributed by atoms with Gasteiger partial charge in [-0.15, -0.1) is 43.1 Å². The maximum Gasteiger partial charge on any atom is 0.231 e. The summed E-state index contributed by atoms with van der Waals surface area (Å²) >= 11 is 8.46. The molecule has 0 bridgehead atoms. The fraction of sp³-hybridized carbons (Fsp3) is 0.250. The fourth-order valence-corrected chi connectivity index (χ4v) is 8.94. The SMILES string of the molecule is O=C(Cc1cc2ccccc2s1)Nc1nnc(CCSCCc2nnc(NCCc3cc4ccccc4s3)s2)s1. The molecule has 0 saturated carbocycles. The van der Waals surface area contributed by atoms with Gasteiger partial charge in [0.15, 0.2) is 0 Å². The summed E-state index contributed by atoms with van der Waals surface area (Å²) in [7, 11) is 0. The molecule has 6 aromatic rings. The number of thiophene rings is 2. The van der Waals surface area contributed by atoms with Crippen molar-refractivity contribution in [2.24, 2.45) is 0 Å². The van der Waals surface area contributed by atoms with Crippen molar-refractivity contribution in [2.75, 3.05) is 28.7 Å². The molecule has 4 aromatic heterocycles. The highest BCUT2D eigenvalue weighted by Crippen LogP contribution is 2.27. The minimum atomic E-state index is -0.0605. The van der Waals surface area contributed by atoms with Crippen LogP contribution in [0, 0.1) is 0 Å². The van der Waals surface area contributed by atoms with Gasteiger partial charge in [-0.2, -0.15) is 11.8 Å². The number of fused-ring (bicyclic) bond motifs is 2. The molecule has 1 amide bonds. The zero-order chi connectivity index (χ0) is 27.1. The Labute approximate surface area is 252 Å². The minimum Gasteiger partial charge on any atom is -0.360 e. The van der Waals surface area contributed by atoms with Crippen molar-refractivity contribution in [1.29, 1.82) is 0 Å². The number of amides is 1. The Balaban J connectivity index is 0.868. The average molecular weight is 623 g/mol. The number of nitrogens with zero attached hydrogens (tertiary/aromatic N) is 4. The van der Waals surface area contributed by atoms with E-state index in [1.807, 2.05) is 35.2 Å². The summed E-state index contributed by atoms with van der Waals surface area (Å²) in [5, 5.41) is 29.3. The monoisotopic (exact) mass is 622 g/mol. The second kappa shape index (κ2) is 13.2. The Morgan fingerprint density at radius 3 is 2.00 bits per heavy atom. The summed E-state index contributed by atoms with van der Waals surface area (Å²) in [5.74, 6) is 1.87. The molecule has 204 valence electrons. The molecule has 0 atom stereocenters. The van der Waals surface area contributed by atoms with Crippen LogP contribution in [0.1, 0.15) is 19.8 Å². The summed E-state index contributed by atoms with van der Waals surface area (Å²) in [5.41, 5.74) is 0. The third-order valence-electron chi connectivity index (χ3n) is 6.04. The highest BCUT2D eigenvalue weighted by Gasteiger charge is 2.11. The molecule has 0 aliphatic rings. The molecule has 0 saturated heterocycles. The van der Waals surface area contributed by atoms with E-state index in [0.29, 0.717) is 11.6 Å². The molecule has 40 heavy (non-hydrogen) atoms. The Bertz CT molecular complexity index is 1650. The first kappa shape index (κ1) is 27.3. The molecule has 0 aliphatic heterocycles.